The zero-order chi connectivity index (χ0) is 14.7. The number of ether oxygens (including phenoxy) is 1. The molecule has 114 valence electrons. The fourth-order valence-corrected chi connectivity index (χ4v) is 2.91. The summed E-state index contributed by atoms with van der Waals surface area (Å²) in [4.78, 5) is 2.37. The summed E-state index contributed by atoms with van der Waals surface area (Å²) in [6.07, 6.45) is 0.773. The summed E-state index contributed by atoms with van der Waals surface area (Å²) >= 11 is 6.31. The van der Waals surface area contributed by atoms with Crippen LogP contribution in [-0.4, -0.2) is 53.1 Å². The van der Waals surface area contributed by atoms with Gasteiger partial charge >= 0.3 is 0 Å². The lowest BCUT2D eigenvalue weighted by molar-refractivity contribution is -0.0450. The monoisotopic (exact) mass is 301 g/mol. The van der Waals surface area contributed by atoms with Gasteiger partial charge in [0.05, 0.1) is 35.2 Å². The average Bonchev–Trinajstić information content (AvgIpc) is 2.70. The normalized spacial score (nSPS) is 22.1. The van der Waals surface area contributed by atoms with Gasteiger partial charge in [-0.2, -0.15) is 5.10 Å². The van der Waals surface area contributed by atoms with E-state index in [4.69, 9.17) is 22.2 Å². The molecule has 2 rings (SSSR count). The number of morpholine rings is 1. The molecule has 1 aromatic heterocycles. The van der Waals surface area contributed by atoms with E-state index in [1.807, 2.05) is 18.7 Å². The molecule has 0 saturated carbocycles. The van der Waals surface area contributed by atoms with Crippen LogP contribution >= 0.6 is 11.6 Å². The molecule has 0 spiro atoms. The van der Waals surface area contributed by atoms with E-state index in [2.05, 4.69) is 22.3 Å². The number of aryl methyl sites for hydroxylation is 2. The molecule has 20 heavy (non-hydrogen) atoms. The molecule has 0 bridgehead atoms. The predicted molar refractivity (Wildman–Crippen MR) is 79.6 cm³/mol. The summed E-state index contributed by atoms with van der Waals surface area (Å²) in [5.74, 6) is 5.72. The summed E-state index contributed by atoms with van der Waals surface area (Å²) in [7, 11) is 1.90. The van der Waals surface area contributed by atoms with Crippen LogP contribution in [0, 0.1) is 6.92 Å². The maximum Gasteiger partial charge on any atom is 0.0872 e. The minimum absolute atomic E-state index is 0.0247. The zero-order valence-corrected chi connectivity index (χ0v) is 13.2. The first kappa shape index (κ1) is 15.7. The molecule has 2 atom stereocenters. The van der Waals surface area contributed by atoms with Gasteiger partial charge in [-0.05, 0) is 13.5 Å². The Morgan fingerprint density at radius 2 is 2.35 bits per heavy atom. The lowest BCUT2D eigenvalue weighted by Crippen LogP contribution is -2.54. The van der Waals surface area contributed by atoms with E-state index in [1.54, 1.807) is 0 Å². The molecule has 3 N–H and O–H groups in total. The van der Waals surface area contributed by atoms with E-state index < -0.39 is 0 Å². The summed E-state index contributed by atoms with van der Waals surface area (Å²) in [6.45, 7) is 7.72. The van der Waals surface area contributed by atoms with Gasteiger partial charge in [0.25, 0.3) is 0 Å². The van der Waals surface area contributed by atoms with Crippen LogP contribution in [0.15, 0.2) is 0 Å². The number of nitrogens with one attached hydrogen (secondary N) is 1. The maximum atomic E-state index is 6.31. The molecule has 1 aromatic rings. The Morgan fingerprint density at radius 3 is 2.90 bits per heavy atom. The van der Waals surface area contributed by atoms with Crippen molar-refractivity contribution in [1.29, 1.82) is 0 Å². The number of nitrogens with two attached hydrogens (primary N) is 1. The molecule has 1 fully saturated rings. The Morgan fingerprint density at radius 1 is 1.60 bits per heavy atom. The van der Waals surface area contributed by atoms with Gasteiger partial charge < -0.3 is 4.74 Å². The zero-order valence-electron chi connectivity index (χ0n) is 12.4. The lowest BCUT2D eigenvalue weighted by atomic mass is 10.0. The van der Waals surface area contributed by atoms with Crippen molar-refractivity contribution in [2.75, 3.05) is 26.2 Å². The van der Waals surface area contributed by atoms with Gasteiger partial charge in [-0.15, -0.1) is 0 Å². The largest absolute Gasteiger partial charge is 0.374 e. The highest BCUT2D eigenvalue weighted by molar-refractivity contribution is 6.31. The quantitative estimate of drug-likeness (QED) is 0.611. The number of likely N-dealkylation sites (N-methyl/N-ethyl adjacent to an activating group) is 1. The molecule has 7 heteroatoms. The van der Waals surface area contributed by atoms with Crippen LogP contribution in [0.1, 0.15) is 18.3 Å². The minimum atomic E-state index is 0.0247. The summed E-state index contributed by atoms with van der Waals surface area (Å²) < 4.78 is 7.69. The van der Waals surface area contributed by atoms with Crippen molar-refractivity contribution in [2.45, 2.75) is 32.4 Å². The Kier molecular flexibility index (Phi) is 5.40. The molecule has 0 amide bonds. The number of hydrazine groups is 1. The van der Waals surface area contributed by atoms with Crippen molar-refractivity contribution in [3.63, 3.8) is 0 Å². The van der Waals surface area contributed by atoms with Gasteiger partial charge in [0.2, 0.25) is 0 Å². The Balaban J connectivity index is 2.08. The van der Waals surface area contributed by atoms with E-state index in [-0.39, 0.29) is 12.1 Å². The molecule has 2 heterocycles. The van der Waals surface area contributed by atoms with Crippen molar-refractivity contribution in [1.82, 2.24) is 20.1 Å². The third kappa shape index (κ3) is 3.32. The first-order valence-electron chi connectivity index (χ1n) is 7.04. The summed E-state index contributed by atoms with van der Waals surface area (Å²) in [5.41, 5.74) is 4.71. The van der Waals surface area contributed by atoms with Crippen molar-refractivity contribution in [2.24, 2.45) is 12.9 Å². The second-order valence-electron chi connectivity index (χ2n) is 5.25. The number of halogens is 1. The fourth-order valence-electron chi connectivity index (χ4n) is 2.67. The van der Waals surface area contributed by atoms with Crippen LogP contribution in [0.4, 0.5) is 0 Å². The van der Waals surface area contributed by atoms with Gasteiger partial charge in [0.1, 0.15) is 0 Å². The molecule has 0 aliphatic carbocycles. The molecule has 2 unspecified atom stereocenters. The molecule has 1 aliphatic rings. The standard InChI is InChI=1S/C13H24ClN5O/c1-4-19-5-6-20-12(8-19)10(16-15)7-11-13(14)9(2)17-18(11)3/h10,12,16H,4-8,15H2,1-3H3. The van der Waals surface area contributed by atoms with E-state index in [0.717, 1.165) is 42.7 Å². The van der Waals surface area contributed by atoms with Crippen LogP contribution < -0.4 is 11.3 Å². The second-order valence-corrected chi connectivity index (χ2v) is 5.63. The average molecular weight is 302 g/mol. The van der Waals surface area contributed by atoms with E-state index in [9.17, 15) is 0 Å². The van der Waals surface area contributed by atoms with Gasteiger partial charge in [-0.1, -0.05) is 18.5 Å². The number of aromatic nitrogens is 2. The highest BCUT2D eigenvalue weighted by Gasteiger charge is 2.28. The number of rotatable bonds is 5. The molecule has 0 radical (unpaired) electrons. The number of hydrogen-bond donors (Lipinski definition) is 2. The van der Waals surface area contributed by atoms with Crippen LogP contribution in [0.5, 0.6) is 0 Å². The van der Waals surface area contributed by atoms with Crippen molar-refractivity contribution >= 4 is 11.6 Å². The second kappa shape index (κ2) is 6.87. The maximum absolute atomic E-state index is 6.31. The fraction of sp³-hybridized carbons (Fsp3) is 0.769. The Bertz CT molecular complexity index is 450. The van der Waals surface area contributed by atoms with Gasteiger partial charge in [0.15, 0.2) is 0 Å². The van der Waals surface area contributed by atoms with Crippen LogP contribution in [0.3, 0.4) is 0 Å². The van der Waals surface area contributed by atoms with Crippen molar-refractivity contribution in [3.8, 4) is 0 Å². The molecule has 6 nitrogen and oxygen atoms in total. The first-order chi connectivity index (χ1) is 9.56. The molecular formula is C13H24ClN5O. The number of nitrogens with zero attached hydrogens (tertiary/aromatic N) is 3. The SMILES string of the molecule is CCN1CCOC(C(Cc2c(Cl)c(C)nn2C)NN)C1. The lowest BCUT2D eigenvalue weighted by Gasteiger charge is -2.36. The van der Waals surface area contributed by atoms with E-state index in [0.29, 0.717) is 6.42 Å². The highest BCUT2D eigenvalue weighted by Crippen LogP contribution is 2.22. The topological polar surface area (TPSA) is 68.3 Å². The van der Waals surface area contributed by atoms with Crippen LogP contribution in [0.2, 0.25) is 5.02 Å². The molecular weight excluding hydrogens is 278 g/mol. The smallest absolute Gasteiger partial charge is 0.0872 e. The van der Waals surface area contributed by atoms with Gasteiger partial charge in [0, 0.05) is 26.6 Å². The third-order valence-electron chi connectivity index (χ3n) is 3.96. The Labute approximate surface area is 125 Å². The van der Waals surface area contributed by atoms with E-state index in [1.165, 1.54) is 0 Å². The predicted octanol–water partition coefficient (Wildman–Crippen LogP) is 0.477. The van der Waals surface area contributed by atoms with E-state index >= 15 is 0 Å². The minimum Gasteiger partial charge on any atom is -0.374 e. The molecule has 0 aromatic carbocycles. The highest BCUT2D eigenvalue weighted by atomic mass is 35.5. The Hall–Kier alpha value is -0.660. The summed E-state index contributed by atoms with van der Waals surface area (Å²) in [6, 6.07) is 0.0247. The first-order valence-corrected chi connectivity index (χ1v) is 7.42. The van der Waals surface area contributed by atoms with Gasteiger partial charge in [-0.3, -0.25) is 20.9 Å². The molecule has 1 aliphatic heterocycles. The van der Waals surface area contributed by atoms with Crippen molar-refractivity contribution < 1.29 is 4.74 Å². The molecule has 1 saturated heterocycles. The number of hydrogen-bond acceptors (Lipinski definition) is 5. The van der Waals surface area contributed by atoms with Crippen LogP contribution in [-0.2, 0) is 18.2 Å². The van der Waals surface area contributed by atoms with Gasteiger partial charge in [-0.25, -0.2) is 0 Å². The third-order valence-corrected chi connectivity index (χ3v) is 4.45. The van der Waals surface area contributed by atoms with Crippen LogP contribution in [0.25, 0.3) is 0 Å². The van der Waals surface area contributed by atoms with Crippen molar-refractivity contribution in [3.05, 3.63) is 16.4 Å². The summed E-state index contributed by atoms with van der Waals surface area (Å²) in [5, 5.41) is 5.06.